The monoisotopic (exact) mass is 254 g/mol. The average molecular weight is 254 g/mol. The van der Waals surface area contributed by atoms with Crippen molar-refractivity contribution in [3.63, 3.8) is 0 Å². The zero-order valence-electron chi connectivity index (χ0n) is 9.76. The van der Waals surface area contributed by atoms with Crippen LogP contribution in [0.3, 0.4) is 0 Å². The predicted octanol–water partition coefficient (Wildman–Crippen LogP) is 1.54. The molecule has 92 valence electrons. The van der Waals surface area contributed by atoms with E-state index in [4.69, 9.17) is 9.47 Å². The van der Waals surface area contributed by atoms with E-state index in [1.165, 1.54) is 6.92 Å². The molecule has 2 rings (SSSR count). The van der Waals surface area contributed by atoms with Gasteiger partial charge >= 0.3 is 0 Å². The van der Waals surface area contributed by atoms with Crippen LogP contribution in [-0.2, 0) is 15.6 Å². The molecule has 1 aromatic rings. The Morgan fingerprint density at radius 2 is 1.94 bits per heavy atom. The summed E-state index contributed by atoms with van der Waals surface area (Å²) in [5.74, 6) is 1.17. The Balaban J connectivity index is 2.28. The molecule has 0 fully saturated rings. The lowest BCUT2D eigenvalue weighted by Gasteiger charge is -2.19. The third kappa shape index (κ3) is 2.49. The Morgan fingerprint density at radius 1 is 1.29 bits per heavy atom. The van der Waals surface area contributed by atoms with Crippen molar-refractivity contribution in [1.82, 2.24) is 0 Å². The summed E-state index contributed by atoms with van der Waals surface area (Å²) in [6, 6.07) is 5.13. The zero-order chi connectivity index (χ0) is 12.4. The molecule has 0 aliphatic carbocycles. The topological polar surface area (TPSA) is 52.6 Å². The fraction of sp³-hybridized carbons (Fsp3) is 0.417. The molecule has 0 aromatic heterocycles. The van der Waals surface area contributed by atoms with E-state index < -0.39 is 16.0 Å². The summed E-state index contributed by atoms with van der Waals surface area (Å²) in [5, 5.41) is -0.502. The highest BCUT2D eigenvalue weighted by Gasteiger charge is 2.20. The Kier molecular flexibility index (Phi) is 3.47. The summed E-state index contributed by atoms with van der Waals surface area (Å²) in [6.07, 6.45) is 0. The van der Waals surface area contributed by atoms with Gasteiger partial charge in [-0.05, 0) is 26.0 Å². The fourth-order valence-electron chi connectivity index (χ4n) is 1.50. The fourth-order valence-corrected chi connectivity index (χ4v) is 2.64. The third-order valence-electron chi connectivity index (χ3n) is 2.64. The molecule has 0 spiro atoms. The number of benzene rings is 1. The molecule has 0 N–H and O–H groups in total. The van der Waals surface area contributed by atoms with E-state index >= 15 is 0 Å². The highest BCUT2D eigenvalue weighted by Crippen LogP contribution is 2.32. The van der Waals surface area contributed by atoms with Gasteiger partial charge in [-0.1, -0.05) is 0 Å². The highest BCUT2D eigenvalue weighted by molar-refractivity contribution is 7.86. The van der Waals surface area contributed by atoms with E-state index in [2.05, 4.69) is 0 Å². The maximum atomic E-state index is 12.1. The second kappa shape index (κ2) is 4.87. The molecular weight excluding hydrogens is 240 g/mol. The maximum absolute atomic E-state index is 12.1. The molecule has 1 aliphatic heterocycles. The Bertz CT molecular complexity index is 470. The number of carbonyl (C=O) groups excluding carboxylic acids is 1. The lowest BCUT2D eigenvalue weighted by atomic mass is 10.3. The van der Waals surface area contributed by atoms with Gasteiger partial charge in [-0.25, -0.2) is 0 Å². The minimum atomic E-state index is -1.34. The average Bonchev–Trinajstić information content (AvgIpc) is 2.36. The molecule has 5 heteroatoms. The number of fused-ring (bicyclic) bond motifs is 1. The van der Waals surface area contributed by atoms with Crippen molar-refractivity contribution in [2.75, 3.05) is 13.2 Å². The Labute approximate surface area is 102 Å². The summed E-state index contributed by atoms with van der Waals surface area (Å²) in [7, 11) is -1.34. The molecule has 4 nitrogen and oxygen atoms in total. The minimum Gasteiger partial charge on any atom is -0.486 e. The van der Waals surface area contributed by atoms with Gasteiger partial charge in [0.1, 0.15) is 19.0 Å². The van der Waals surface area contributed by atoms with Crippen LogP contribution in [-0.4, -0.2) is 28.5 Å². The molecule has 0 bridgehead atoms. The first-order valence-electron chi connectivity index (χ1n) is 5.40. The Hall–Kier alpha value is -1.36. The van der Waals surface area contributed by atoms with E-state index in [1.807, 2.05) is 0 Å². The molecule has 2 atom stereocenters. The van der Waals surface area contributed by atoms with Gasteiger partial charge in [-0.2, -0.15) is 0 Å². The van der Waals surface area contributed by atoms with E-state index in [0.717, 1.165) is 0 Å². The van der Waals surface area contributed by atoms with E-state index in [-0.39, 0.29) is 5.78 Å². The standard InChI is InChI=1S/C12H14O4S/c1-8(13)9(2)17(14)10-3-4-11-12(7-10)16-6-5-15-11/h3-4,7,9H,5-6H2,1-2H3. The van der Waals surface area contributed by atoms with Gasteiger partial charge in [0.05, 0.1) is 16.0 Å². The van der Waals surface area contributed by atoms with E-state index in [9.17, 15) is 9.00 Å². The van der Waals surface area contributed by atoms with Crippen molar-refractivity contribution in [2.24, 2.45) is 0 Å². The Morgan fingerprint density at radius 3 is 2.59 bits per heavy atom. The van der Waals surface area contributed by atoms with Crippen molar-refractivity contribution < 1.29 is 18.5 Å². The normalized spacial score (nSPS) is 17.3. The first-order chi connectivity index (χ1) is 8.09. The molecule has 0 saturated carbocycles. The summed E-state index contributed by atoms with van der Waals surface area (Å²) < 4.78 is 22.9. The van der Waals surface area contributed by atoms with Crippen LogP contribution in [0.4, 0.5) is 0 Å². The highest BCUT2D eigenvalue weighted by atomic mass is 32.2. The number of ether oxygens (including phenoxy) is 2. The van der Waals surface area contributed by atoms with Crippen LogP contribution in [0.5, 0.6) is 11.5 Å². The van der Waals surface area contributed by atoms with Gasteiger partial charge in [0.15, 0.2) is 11.5 Å². The number of ketones is 1. The second-order valence-corrected chi connectivity index (χ2v) is 5.63. The quantitative estimate of drug-likeness (QED) is 0.821. The van der Waals surface area contributed by atoms with Gasteiger partial charge < -0.3 is 9.47 Å². The first-order valence-corrected chi connectivity index (χ1v) is 6.61. The van der Waals surface area contributed by atoms with Crippen LogP contribution in [0.15, 0.2) is 23.1 Å². The first kappa shape index (κ1) is 12.1. The largest absolute Gasteiger partial charge is 0.486 e. The van der Waals surface area contributed by atoms with Gasteiger partial charge in [-0.3, -0.25) is 9.00 Å². The van der Waals surface area contributed by atoms with E-state index in [0.29, 0.717) is 29.6 Å². The molecule has 0 saturated heterocycles. The van der Waals surface area contributed by atoms with Crippen LogP contribution in [0.2, 0.25) is 0 Å². The third-order valence-corrected chi connectivity index (χ3v) is 4.33. The van der Waals surface area contributed by atoms with Gasteiger partial charge in [-0.15, -0.1) is 0 Å². The van der Waals surface area contributed by atoms with Crippen molar-refractivity contribution in [2.45, 2.75) is 24.0 Å². The van der Waals surface area contributed by atoms with Gasteiger partial charge in [0.2, 0.25) is 0 Å². The van der Waals surface area contributed by atoms with Crippen molar-refractivity contribution in [3.05, 3.63) is 18.2 Å². The molecule has 2 unspecified atom stereocenters. The molecular formula is C12H14O4S. The van der Waals surface area contributed by atoms with Gasteiger partial charge in [0, 0.05) is 11.0 Å². The number of hydrogen-bond donors (Lipinski definition) is 0. The summed E-state index contributed by atoms with van der Waals surface area (Å²) in [6.45, 7) is 4.13. The van der Waals surface area contributed by atoms with Crippen molar-refractivity contribution in [1.29, 1.82) is 0 Å². The molecule has 0 amide bonds. The SMILES string of the molecule is CC(=O)C(C)S(=O)c1ccc2c(c1)OCCO2. The molecule has 0 radical (unpaired) electrons. The molecule has 1 aliphatic rings. The zero-order valence-corrected chi connectivity index (χ0v) is 10.6. The summed E-state index contributed by atoms with van der Waals surface area (Å²) in [5.41, 5.74) is 0. The smallest absolute Gasteiger partial charge is 0.162 e. The lowest BCUT2D eigenvalue weighted by Crippen LogP contribution is -2.20. The lowest BCUT2D eigenvalue weighted by molar-refractivity contribution is -0.116. The number of rotatable bonds is 3. The summed E-state index contributed by atoms with van der Waals surface area (Å²) >= 11 is 0. The number of Topliss-reactive ketones (excluding diaryl/α,β-unsaturated/α-hetero) is 1. The van der Waals surface area contributed by atoms with Crippen LogP contribution >= 0.6 is 0 Å². The number of carbonyl (C=O) groups is 1. The van der Waals surface area contributed by atoms with Crippen LogP contribution < -0.4 is 9.47 Å². The van der Waals surface area contributed by atoms with Crippen LogP contribution in [0, 0.1) is 0 Å². The van der Waals surface area contributed by atoms with Crippen LogP contribution in [0.1, 0.15) is 13.8 Å². The minimum absolute atomic E-state index is 0.0850. The van der Waals surface area contributed by atoms with Crippen molar-refractivity contribution >= 4 is 16.6 Å². The van der Waals surface area contributed by atoms with Crippen molar-refractivity contribution in [3.8, 4) is 11.5 Å². The molecule has 1 aromatic carbocycles. The van der Waals surface area contributed by atoms with Crippen LogP contribution in [0.25, 0.3) is 0 Å². The molecule has 1 heterocycles. The van der Waals surface area contributed by atoms with Gasteiger partial charge in [0.25, 0.3) is 0 Å². The second-order valence-electron chi connectivity index (χ2n) is 3.86. The van der Waals surface area contributed by atoms with E-state index in [1.54, 1.807) is 25.1 Å². The predicted molar refractivity (Wildman–Crippen MR) is 64.0 cm³/mol. The molecule has 17 heavy (non-hydrogen) atoms. The summed E-state index contributed by atoms with van der Waals surface area (Å²) in [4.78, 5) is 11.8. The number of hydrogen-bond acceptors (Lipinski definition) is 4. The maximum Gasteiger partial charge on any atom is 0.162 e.